The summed E-state index contributed by atoms with van der Waals surface area (Å²) in [7, 11) is 0. The summed E-state index contributed by atoms with van der Waals surface area (Å²) in [6.07, 6.45) is 8.29. The van der Waals surface area contributed by atoms with Crippen molar-refractivity contribution in [2.45, 2.75) is 0 Å². The number of nitrogens with zero attached hydrogens (tertiary/aromatic N) is 2. The van der Waals surface area contributed by atoms with Gasteiger partial charge in [-0.05, 0) is 30.3 Å². The monoisotopic (exact) mass is 208 g/mol. The van der Waals surface area contributed by atoms with Crippen LogP contribution in [-0.2, 0) is 0 Å². The summed E-state index contributed by atoms with van der Waals surface area (Å²) in [5, 5.41) is 0. The van der Waals surface area contributed by atoms with Crippen LogP contribution in [0, 0.1) is 0 Å². The van der Waals surface area contributed by atoms with Gasteiger partial charge in [0.1, 0.15) is 0 Å². The van der Waals surface area contributed by atoms with E-state index in [1.54, 1.807) is 0 Å². The van der Waals surface area contributed by atoms with Crippen molar-refractivity contribution in [3.8, 4) is 11.4 Å². The molecule has 1 aromatic carbocycles. The van der Waals surface area contributed by atoms with E-state index >= 15 is 0 Å². The molecule has 0 unspecified atom stereocenters. The highest BCUT2D eigenvalue weighted by atomic mass is 15.0. The van der Waals surface area contributed by atoms with E-state index in [-0.39, 0.29) is 0 Å². The van der Waals surface area contributed by atoms with Gasteiger partial charge in [0, 0.05) is 30.5 Å². The first-order valence-electron chi connectivity index (χ1n) is 5.30. The van der Waals surface area contributed by atoms with Gasteiger partial charge in [0.2, 0.25) is 0 Å². The predicted molar refractivity (Wildman–Crippen MR) is 65.1 cm³/mol. The van der Waals surface area contributed by atoms with Crippen LogP contribution < -0.4 is 0 Å². The fraction of sp³-hybridized carbons (Fsp3) is 0. The van der Waals surface area contributed by atoms with E-state index in [0.29, 0.717) is 0 Å². The lowest BCUT2D eigenvalue weighted by molar-refractivity contribution is 1.04. The van der Waals surface area contributed by atoms with E-state index in [9.17, 15) is 0 Å². The van der Waals surface area contributed by atoms with E-state index in [4.69, 9.17) is 0 Å². The Balaban J connectivity index is 2.00. The summed E-state index contributed by atoms with van der Waals surface area (Å²) in [6, 6.07) is 16.5. The van der Waals surface area contributed by atoms with Gasteiger partial charge in [0.25, 0.3) is 0 Å². The fourth-order valence-electron chi connectivity index (χ4n) is 1.81. The lowest BCUT2D eigenvalue weighted by Gasteiger charge is -2.01. The third-order valence-electron chi connectivity index (χ3n) is 2.63. The first kappa shape index (κ1) is 9.04. The first-order valence-corrected chi connectivity index (χ1v) is 5.30. The van der Waals surface area contributed by atoms with Gasteiger partial charge in [-0.25, -0.2) is 0 Å². The lowest BCUT2D eigenvalue weighted by Crippen LogP contribution is -1.90. The smallest absolute Gasteiger partial charge is 0.0630 e. The summed E-state index contributed by atoms with van der Waals surface area (Å²) < 4.78 is 4.22. The molecule has 2 heteroatoms. The Morgan fingerprint density at radius 1 is 0.562 bits per heavy atom. The molecule has 3 aromatic rings. The number of rotatable bonds is 2. The maximum absolute atomic E-state index is 2.12. The highest BCUT2D eigenvalue weighted by molar-refractivity contribution is 5.38. The minimum atomic E-state index is 1.17. The molecule has 0 aliphatic heterocycles. The number of hydrogen-bond donors (Lipinski definition) is 0. The third-order valence-corrected chi connectivity index (χ3v) is 2.63. The molecule has 0 bridgehead atoms. The topological polar surface area (TPSA) is 9.86 Å². The molecule has 0 radical (unpaired) electrons. The van der Waals surface area contributed by atoms with Gasteiger partial charge in [-0.3, -0.25) is 0 Å². The molecule has 2 nitrogen and oxygen atoms in total. The van der Waals surface area contributed by atoms with Gasteiger partial charge < -0.3 is 9.13 Å². The quantitative estimate of drug-likeness (QED) is 0.611. The van der Waals surface area contributed by atoms with Crippen LogP contribution in [0.2, 0.25) is 0 Å². The minimum Gasteiger partial charge on any atom is -0.322 e. The van der Waals surface area contributed by atoms with Crippen LogP contribution in [0.25, 0.3) is 11.4 Å². The highest BCUT2D eigenvalue weighted by Gasteiger charge is 1.99. The summed E-state index contributed by atoms with van der Waals surface area (Å²) in [4.78, 5) is 0. The largest absolute Gasteiger partial charge is 0.322 e. The molecule has 0 fully saturated rings. The number of hydrogen-bond acceptors (Lipinski definition) is 0. The zero-order valence-corrected chi connectivity index (χ0v) is 8.82. The van der Waals surface area contributed by atoms with Gasteiger partial charge in [-0.1, -0.05) is 18.2 Å². The SMILES string of the molecule is c1ccc(-n2ccc(-n3cccc3)c2)cc1. The fourth-order valence-corrected chi connectivity index (χ4v) is 1.81. The molecule has 3 rings (SSSR count). The normalized spacial score (nSPS) is 10.5. The molecule has 2 aromatic heterocycles. The molecular weight excluding hydrogens is 196 g/mol. The maximum Gasteiger partial charge on any atom is 0.0630 e. The van der Waals surface area contributed by atoms with Gasteiger partial charge in [-0.2, -0.15) is 0 Å². The van der Waals surface area contributed by atoms with E-state index in [1.807, 2.05) is 42.7 Å². The maximum atomic E-state index is 2.12. The molecule has 0 aliphatic carbocycles. The molecule has 0 N–H and O–H groups in total. The van der Waals surface area contributed by atoms with Crippen molar-refractivity contribution in [1.82, 2.24) is 9.13 Å². The van der Waals surface area contributed by atoms with Crippen LogP contribution in [0.1, 0.15) is 0 Å². The lowest BCUT2D eigenvalue weighted by atomic mass is 10.3. The summed E-state index contributed by atoms with van der Waals surface area (Å²) in [6.45, 7) is 0. The van der Waals surface area contributed by atoms with Crippen molar-refractivity contribution in [3.63, 3.8) is 0 Å². The molecule has 0 saturated heterocycles. The van der Waals surface area contributed by atoms with Crippen molar-refractivity contribution < 1.29 is 0 Å². The Bertz CT molecular complexity index is 562. The van der Waals surface area contributed by atoms with Crippen LogP contribution in [0.3, 0.4) is 0 Å². The molecule has 0 aliphatic rings. The van der Waals surface area contributed by atoms with Crippen LogP contribution in [0.4, 0.5) is 0 Å². The van der Waals surface area contributed by atoms with E-state index in [1.165, 1.54) is 11.4 Å². The Kier molecular flexibility index (Phi) is 2.11. The van der Waals surface area contributed by atoms with Gasteiger partial charge in [0.05, 0.1) is 5.69 Å². The van der Waals surface area contributed by atoms with Crippen molar-refractivity contribution >= 4 is 0 Å². The molecule has 2 heterocycles. The zero-order chi connectivity index (χ0) is 10.8. The van der Waals surface area contributed by atoms with Crippen LogP contribution in [-0.4, -0.2) is 9.13 Å². The van der Waals surface area contributed by atoms with Crippen LogP contribution in [0.15, 0.2) is 73.3 Å². The van der Waals surface area contributed by atoms with Gasteiger partial charge in [0.15, 0.2) is 0 Å². The van der Waals surface area contributed by atoms with E-state index in [0.717, 1.165) is 0 Å². The Morgan fingerprint density at radius 3 is 2.06 bits per heavy atom. The minimum absolute atomic E-state index is 1.17. The number of para-hydroxylation sites is 1. The van der Waals surface area contributed by atoms with Gasteiger partial charge in [-0.15, -0.1) is 0 Å². The average molecular weight is 208 g/mol. The second-order valence-corrected chi connectivity index (χ2v) is 3.70. The highest BCUT2D eigenvalue weighted by Crippen LogP contribution is 2.13. The molecule has 16 heavy (non-hydrogen) atoms. The Morgan fingerprint density at radius 2 is 1.31 bits per heavy atom. The zero-order valence-electron chi connectivity index (χ0n) is 8.82. The number of aromatic nitrogens is 2. The van der Waals surface area contributed by atoms with Crippen molar-refractivity contribution in [3.05, 3.63) is 73.3 Å². The second-order valence-electron chi connectivity index (χ2n) is 3.70. The predicted octanol–water partition coefficient (Wildman–Crippen LogP) is 3.27. The molecule has 78 valence electrons. The molecular formula is C14H12N2. The molecule has 0 spiro atoms. The summed E-state index contributed by atoms with van der Waals surface area (Å²) >= 11 is 0. The van der Waals surface area contributed by atoms with Crippen LogP contribution >= 0.6 is 0 Å². The number of benzene rings is 1. The molecule has 0 saturated carbocycles. The van der Waals surface area contributed by atoms with Crippen LogP contribution in [0.5, 0.6) is 0 Å². The van der Waals surface area contributed by atoms with Gasteiger partial charge >= 0.3 is 0 Å². The standard InChI is InChI=1S/C14H12N2/c1-2-6-13(7-3-1)16-11-8-14(12-16)15-9-4-5-10-15/h1-12H. The Labute approximate surface area is 94.4 Å². The van der Waals surface area contributed by atoms with E-state index < -0.39 is 0 Å². The van der Waals surface area contributed by atoms with Crippen molar-refractivity contribution in [1.29, 1.82) is 0 Å². The van der Waals surface area contributed by atoms with Crippen molar-refractivity contribution in [2.75, 3.05) is 0 Å². The van der Waals surface area contributed by atoms with E-state index in [2.05, 4.69) is 39.7 Å². The summed E-state index contributed by atoms with van der Waals surface area (Å²) in [5.41, 5.74) is 2.36. The third kappa shape index (κ3) is 1.54. The first-order chi connectivity index (χ1) is 7.93. The average Bonchev–Trinajstić information content (AvgIpc) is 3.01. The second kappa shape index (κ2) is 3.74. The summed E-state index contributed by atoms with van der Waals surface area (Å²) in [5.74, 6) is 0. The molecule has 0 amide bonds. The molecule has 0 atom stereocenters. The Hall–Kier alpha value is -2.22. The van der Waals surface area contributed by atoms with Crippen molar-refractivity contribution in [2.24, 2.45) is 0 Å².